The first-order valence-electron chi connectivity index (χ1n) is 19.7. The van der Waals surface area contributed by atoms with Crippen LogP contribution in [0.1, 0.15) is 75.9 Å². The van der Waals surface area contributed by atoms with E-state index >= 15 is 0 Å². The first-order chi connectivity index (χ1) is 26.6. The number of anilines is 1. The van der Waals surface area contributed by atoms with E-state index in [0.717, 1.165) is 77.1 Å². The van der Waals surface area contributed by atoms with Crippen molar-refractivity contribution in [3.8, 4) is 11.3 Å². The highest BCUT2D eigenvalue weighted by Crippen LogP contribution is 2.43. The van der Waals surface area contributed by atoms with Crippen molar-refractivity contribution in [1.29, 1.82) is 0 Å². The van der Waals surface area contributed by atoms with Crippen LogP contribution in [0.5, 0.6) is 0 Å². The Kier molecular flexibility index (Phi) is 11.9. The average Bonchev–Trinajstić information content (AvgIpc) is 3.77. The first kappa shape index (κ1) is 40.6. The number of rotatable bonds is 7. The number of ether oxygens (including phenoxy) is 2. The molecule has 6 bridgehead atoms. The Labute approximate surface area is 334 Å². The molecule has 14 nitrogen and oxygen atoms in total. The Morgan fingerprint density at radius 1 is 1.14 bits per heavy atom. The van der Waals surface area contributed by atoms with Gasteiger partial charge in [-0.2, -0.15) is 0 Å². The zero-order valence-electron chi connectivity index (χ0n) is 33.6. The highest BCUT2D eigenvalue weighted by atomic mass is 32.2. The van der Waals surface area contributed by atoms with Crippen LogP contribution in [0.2, 0.25) is 0 Å². The summed E-state index contributed by atoms with van der Waals surface area (Å²) in [6.07, 6.45) is 4.54. The van der Waals surface area contributed by atoms with Crippen LogP contribution in [0.15, 0.2) is 35.5 Å². The van der Waals surface area contributed by atoms with E-state index in [1.807, 2.05) is 13.1 Å². The number of thioether (sulfide) groups is 1. The van der Waals surface area contributed by atoms with E-state index in [4.69, 9.17) is 19.5 Å². The van der Waals surface area contributed by atoms with E-state index in [0.29, 0.717) is 43.1 Å². The second-order valence-electron chi connectivity index (χ2n) is 16.4. The summed E-state index contributed by atoms with van der Waals surface area (Å²) in [5.74, 6) is -0.225. The molecule has 1 aromatic carbocycles. The molecule has 2 fully saturated rings. The first-order valence-corrected chi connectivity index (χ1v) is 22.5. The zero-order chi connectivity index (χ0) is 39.9. The molecule has 1 unspecified atom stereocenters. The molecule has 0 saturated carbocycles. The van der Waals surface area contributed by atoms with Crippen molar-refractivity contribution in [3.63, 3.8) is 0 Å². The summed E-state index contributed by atoms with van der Waals surface area (Å²) in [4.78, 5) is 42.4. The number of pyridine rings is 1. The van der Waals surface area contributed by atoms with E-state index in [2.05, 4.69) is 76.6 Å². The number of benzene rings is 1. The molecule has 2 aromatic heterocycles. The smallest absolute Gasteiger partial charge is 0.324 e. The number of methoxy groups -OCH3 is 1. The van der Waals surface area contributed by atoms with E-state index in [1.54, 1.807) is 18.9 Å². The highest BCUT2D eigenvalue weighted by Gasteiger charge is 2.37. The van der Waals surface area contributed by atoms with Crippen molar-refractivity contribution in [2.24, 2.45) is 10.4 Å². The van der Waals surface area contributed by atoms with Gasteiger partial charge in [0.05, 0.1) is 53.3 Å². The van der Waals surface area contributed by atoms with Crippen molar-refractivity contribution in [3.05, 3.63) is 47.3 Å². The van der Waals surface area contributed by atoms with Gasteiger partial charge in [-0.15, -0.1) is 11.8 Å². The summed E-state index contributed by atoms with van der Waals surface area (Å²) in [6.45, 7) is 13.4. The lowest BCUT2D eigenvalue weighted by Crippen LogP contribution is -2.60. The number of likely N-dealkylation sites (N-methyl/N-ethyl adjacent to an activating group) is 1. The standard InChI is InChI=1S/C40H56N8O6S2/c1-8-47-34-12-11-26-18-28(34)30(37(47)29-19-27(22-41-36(29)25(2)53-6)46-16-14-45(5)15-17-46)21-40(3,4)24-54-39(50)31-10-9-13-48(43-31)38(49)32(44-56(7,51)52)20-35-42-33(26)23-55-35/h11-12,18-19,22,25,31-33,43-44H,8-10,13-17,20-21,23-24H2,1-7H3/t25-,31-,32-,33?/m0/s1. The van der Waals surface area contributed by atoms with Gasteiger partial charge < -0.3 is 23.8 Å². The molecule has 304 valence electrons. The van der Waals surface area contributed by atoms with Crippen molar-refractivity contribution in [1.82, 2.24) is 29.6 Å². The number of carbonyl (C=O) groups is 2. The summed E-state index contributed by atoms with van der Waals surface area (Å²) >= 11 is 1.55. The van der Waals surface area contributed by atoms with Gasteiger partial charge in [0.2, 0.25) is 10.0 Å². The number of hydrazine groups is 1. The molecule has 0 radical (unpaired) electrons. The maximum atomic E-state index is 13.8. The number of nitrogens with zero attached hydrogens (tertiary/aromatic N) is 6. The summed E-state index contributed by atoms with van der Waals surface area (Å²) in [7, 11) is 0.135. The molecule has 1 amide bonds. The third-order valence-corrected chi connectivity index (χ3v) is 13.2. The van der Waals surface area contributed by atoms with Gasteiger partial charge in [0, 0.05) is 80.4 Å². The van der Waals surface area contributed by atoms with Crippen LogP contribution in [0, 0.1) is 5.41 Å². The van der Waals surface area contributed by atoms with E-state index in [1.165, 1.54) is 5.01 Å². The van der Waals surface area contributed by atoms with E-state index in [9.17, 15) is 18.0 Å². The molecule has 0 aliphatic carbocycles. The molecule has 16 heteroatoms. The second kappa shape index (κ2) is 16.4. The Balaban J connectivity index is 1.39. The molecule has 4 aliphatic heterocycles. The third-order valence-electron chi connectivity index (χ3n) is 11.4. The number of cyclic esters (lactones) is 1. The SMILES string of the molecule is CCn1c(-c2cc(N3CCN(C)CC3)cnc2[C@H](C)OC)c2c3cc(ccc31)C1CSC(=N1)C[C@H](NS(C)(=O)=O)C(=O)N1CCC[C@H](N1)C(=O)OCC(C)(C)C2. The number of aromatic nitrogens is 2. The van der Waals surface area contributed by atoms with E-state index in [-0.39, 0.29) is 25.2 Å². The second-order valence-corrected chi connectivity index (χ2v) is 19.3. The van der Waals surface area contributed by atoms with Crippen LogP contribution in [0.4, 0.5) is 5.69 Å². The van der Waals surface area contributed by atoms with Crippen LogP contribution >= 0.6 is 11.8 Å². The van der Waals surface area contributed by atoms with Crippen LogP contribution < -0.4 is 15.0 Å². The van der Waals surface area contributed by atoms with Gasteiger partial charge >= 0.3 is 5.97 Å². The Hall–Kier alpha value is -3.54. The van der Waals surface area contributed by atoms with Gasteiger partial charge in [-0.25, -0.2) is 18.6 Å². The van der Waals surface area contributed by atoms with Crippen LogP contribution in [-0.2, 0) is 42.1 Å². The number of nitrogens with one attached hydrogen (secondary N) is 2. The summed E-state index contributed by atoms with van der Waals surface area (Å²) in [5, 5.41) is 3.18. The maximum Gasteiger partial charge on any atom is 0.324 e. The van der Waals surface area contributed by atoms with Gasteiger partial charge in [0.25, 0.3) is 5.91 Å². The molecular formula is C40H56N8O6S2. The number of carbonyl (C=O) groups excluding carboxylic acids is 2. The van der Waals surface area contributed by atoms with Crippen molar-refractivity contribution >= 4 is 55.3 Å². The molecule has 7 rings (SSSR count). The number of hydrogen-bond acceptors (Lipinski definition) is 12. The fraction of sp³-hybridized carbons (Fsp3) is 0.600. The number of amides is 1. The molecular weight excluding hydrogens is 753 g/mol. The molecule has 0 spiro atoms. The third kappa shape index (κ3) is 8.65. The molecule has 2 N–H and O–H groups in total. The van der Waals surface area contributed by atoms with Crippen molar-refractivity contribution in [2.45, 2.75) is 84.2 Å². The monoisotopic (exact) mass is 808 g/mol. The molecule has 4 aliphatic rings. The molecule has 2 saturated heterocycles. The maximum absolute atomic E-state index is 13.8. The Morgan fingerprint density at radius 2 is 1.91 bits per heavy atom. The minimum absolute atomic E-state index is 0.107. The van der Waals surface area contributed by atoms with Crippen LogP contribution in [0.25, 0.3) is 22.2 Å². The Bertz CT molecular complexity index is 2110. The predicted molar refractivity (Wildman–Crippen MR) is 221 cm³/mol. The van der Waals surface area contributed by atoms with Crippen LogP contribution in [0.3, 0.4) is 0 Å². The lowest BCUT2D eigenvalue weighted by molar-refractivity contribution is -0.154. The van der Waals surface area contributed by atoms with Gasteiger partial charge in [0.15, 0.2) is 0 Å². The number of aryl methyl sites for hydroxylation is 1. The van der Waals surface area contributed by atoms with E-state index < -0.39 is 39.4 Å². The quantitative estimate of drug-likeness (QED) is 0.329. The number of esters is 1. The largest absolute Gasteiger partial charge is 0.464 e. The van der Waals surface area contributed by atoms with Gasteiger partial charge in [-0.1, -0.05) is 19.9 Å². The number of piperazine rings is 1. The van der Waals surface area contributed by atoms with Crippen molar-refractivity contribution in [2.75, 3.05) is 70.4 Å². The summed E-state index contributed by atoms with van der Waals surface area (Å²) in [5.41, 5.74) is 9.90. The highest BCUT2D eigenvalue weighted by molar-refractivity contribution is 8.14. The fourth-order valence-electron chi connectivity index (χ4n) is 8.31. The molecule has 6 heterocycles. The lowest BCUT2D eigenvalue weighted by Gasteiger charge is -2.35. The van der Waals surface area contributed by atoms with Crippen molar-refractivity contribution < 1.29 is 27.5 Å². The summed E-state index contributed by atoms with van der Waals surface area (Å²) < 4.78 is 41.9. The minimum Gasteiger partial charge on any atom is -0.464 e. The zero-order valence-corrected chi connectivity index (χ0v) is 35.3. The fourth-order valence-corrected chi connectivity index (χ4v) is 10.1. The number of hydrogen-bond donors (Lipinski definition) is 2. The number of sulfonamides is 1. The Morgan fingerprint density at radius 3 is 2.62 bits per heavy atom. The summed E-state index contributed by atoms with van der Waals surface area (Å²) in [6, 6.07) is 6.85. The molecule has 56 heavy (non-hydrogen) atoms. The van der Waals surface area contributed by atoms with Gasteiger partial charge in [-0.05, 0) is 69.5 Å². The minimum atomic E-state index is -3.74. The van der Waals surface area contributed by atoms with Gasteiger partial charge in [0.1, 0.15) is 12.1 Å². The number of aliphatic imine (C=N–C) groups is 1. The molecule has 3 aromatic rings. The number of fused-ring (bicyclic) bond motifs is 5. The normalized spacial score (nSPS) is 24.6. The topological polar surface area (TPSA) is 151 Å². The predicted octanol–water partition coefficient (Wildman–Crippen LogP) is 4.30. The average molecular weight is 809 g/mol. The van der Waals surface area contributed by atoms with Gasteiger partial charge in [-0.3, -0.25) is 24.6 Å². The lowest BCUT2D eigenvalue weighted by atomic mass is 9.84. The molecule has 4 atom stereocenters. The van der Waals surface area contributed by atoms with Crippen LogP contribution in [-0.4, -0.2) is 122 Å².